The minimum Gasteiger partial charge on any atom is -0.396 e. The maximum Gasteiger partial charge on any atom is 0.270 e. The lowest BCUT2D eigenvalue weighted by molar-refractivity contribution is 0.0948. The van der Waals surface area contributed by atoms with Crippen LogP contribution < -0.4 is 16.4 Å². The first-order valence-corrected chi connectivity index (χ1v) is 10.2. The lowest BCUT2D eigenvalue weighted by atomic mass is 10.1. The van der Waals surface area contributed by atoms with Crippen molar-refractivity contribution < 1.29 is 19.0 Å². The quantitative estimate of drug-likeness (QED) is 0.413. The van der Waals surface area contributed by atoms with Crippen molar-refractivity contribution in [3.8, 4) is 0 Å². The van der Waals surface area contributed by atoms with Crippen molar-refractivity contribution in [3.63, 3.8) is 0 Å². The van der Waals surface area contributed by atoms with Gasteiger partial charge in [0.25, 0.3) is 17.0 Å². The number of nitrogens with zero attached hydrogens (tertiary/aromatic N) is 2. The largest absolute Gasteiger partial charge is 0.396 e. The number of aliphatic hydroxyl groups excluding tert-OH is 1. The molecule has 1 aromatic carbocycles. The average molecular weight is 465 g/mol. The van der Waals surface area contributed by atoms with Crippen LogP contribution in [0.5, 0.6) is 0 Å². The van der Waals surface area contributed by atoms with Crippen molar-refractivity contribution in [2.45, 2.75) is 26.0 Å². The van der Waals surface area contributed by atoms with Gasteiger partial charge in [-0.15, -0.1) is 0 Å². The Labute approximate surface area is 186 Å². The van der Waals surface area contributed by atoms with Crippen LogP contribution in [0, 0.1) is 5.82 Å². The van der Waals surface area contributed by atoms with E-state index in [-0.39, 0.29) is 53.5 Å². The van der Waals surface area contributed by atoms with Crippen LogP contribution in [0.3, 0.4) is 0 Å². The topological polar surface area (TPSA) is 126 Å². The summed E-state index contributed by atoms with van der Waals surface area (Å²) >= 11 is 5.82. The van der Waals surface area contributed by atoms with E-state index >= 15 is 0 Å². The predicted molar refractivity (Wildman–Crippen MR) is 117 cm³/mol. The number of nitrogens with one attached hydrogen (secondary N) is 2. The normalized spacial score (nSPS) is 11.1. The van der Waals surface area contributed by atoms with E-state index in [9.17, 15) is 18.8 Å². The highest BCUT2D eigenvalue weighted by Crippen LogP contribution is 2.18. The van der Waals surface area contributed by atoms with Gasteiger partial charge in [0.2, 0.25) is 0 Å². The highest BCUT2D eigenvalue weighted by atomic mass is 35.5. The van der Waals surface area contributed by atoms with E-state index in [2.05, 4.69) is 15.3 Å². The molecule has 0 aliphatic rings. The van der Waals surface area contributed by atoms with Crippen LogP contribution in [-0.2, 0) is 17.9 Å². The number of methoxy groups -OCH3 is 1. The number of aromatic nitrogens is 3. The first-order chi connectivity index (χ1) is 15.4. The van der Waals surface area contributed by atoms with Crippen LogP contribution in [0.15, 0.2) is 34.1 Å². The smallest absolute Gasteiger partial charge is 0.270 e. The third-order valence-electron chi connectivity index (χ3n) is 4.81. The Morgan fingerprint density at radius 3 is 2.81 bits per heavy atom. The lowest BCUT2D eigenvalue weighted by Crippen LogP contribution is -2.32. The number of rotatable bonds is 9. The molecule has 0 saturated carbocycles. The fraction of sp³-hybridized carbons (Fsp3) is 0.333. The molecule has 2 aromatic heterocycles. The van der Waals surface area contributed by atoms with Crippen molar-refractivity contribution in [2.24, 2.45) is 0 Å². The van der Waals surface area contributed by atoms with Crippen molar-refractivity contribution in [1.82, 2.24) is 19.9 Å². The molecule has 3 aromatic rings. The van der Waals surface area contributed by atoms with Crippen LogP contribution in [0.2, 0.25) is 5.02 Å². The number of pyridine rings is 1. The minimum atomic E-state index is -0.638. The Balaban J connectivity index is 2.09. The zero-order valence-corrected chi connectivity index (χ0v) is 18.0. The van der Waals surface area contributed by atoms with Gasteiger partial charge in [0, 0.05) is 20.3 Å². The number of halogens is 2. The molecule has 0 unspecified atom stereocenters. The number of hydrogen-bond acceptors (Lipinski definition) is 6. The predicted octanol–water partition coefficient (Wildman–Crippen LogP) is 1.57. The van der Waals surface area contributed by atoms with Crippen molar-refractivity contribution in [2.75, 3.05) is 20.3 Å². The summed E-state index contributed by atoms with van der Waals surface area (Å²) in [6.07, 6.45) is 2.31. The minimum absolute atomic E-state index is 0.00170. The molecule has 0 spiro atoms. The van der Waals surface area contributed by atoms with E-state index in [1.54, 1.807) is 0 Å². The number of amides is 1. The number of carbonyl (C=O) groups is 1. The molecule has 1 amide bonds. The molecule has 0 saturated heterocycles. The Bertz CT molecular complexity index is 1260. The number of fused-ring (bicyclic) bond motifs is 1. The second kappa shape index (κ2) is 10.5. The maximum absolute atomic E-state index is 13.4. The van der Waals surface area contributed by atoms with Gasteiger partial charge in [-0.25, -0.2) is 9.37 Å². The molecule has 9 nitrogen and oxygen atoms in total. The maximum atomic E-state index is 13.4. The van der Waals surface area contributed by atoms with E-state index in [4.69, 9.17) is 21.4 Å². The van der Waals surface area contributed by atoms with E-state index in [0.717, 1.165) is 0 Å². The third kappa shape index (κ3) is 5.04. The Morgan fingerprint density at radius 2 is 2.12 bits per heavy atom. The van der Waals surface area contributed by atoms with E-state index in [1.807, 2.05) is 0 Å². The summed E-state index contributed by atoms with van der Waals surface area (Å²) < 4.78 is 19.8. The molecule has 32 heavy (non-hydrogen) atoms. The SMILES string of the molecule is COCc1c(=O)[nH]c(C(=O)NCCCCO)c2ncn(Cc3ccc(F)c(Cl)c3)c(=O)c12. The molecule has 0 fully saturated rings. The zero-order chi connectivity index (χ0) is 23.3. The number of carbonyl (C=O) groups excluding carboxylic acids is 1. The number of H-pyrrole nitrogens is 1. The van der Waals surface area contributed by atoms with E-state index in [0.29, 0.717) is 18.4 Å². The third-order valence-corrected chi connectivity index (χ3v) is 5.10. The van der Waals surface area contributed by atoms with Gasteiger partial charge in [-0.3, -0.25) is 19.0 Å². The van der Waals surface area contributed by atoms with E-state index < -0.39 is 22.8 Å². The number of ether oxygens (including phenoxy) is 1. The molecular weight excluding hydrogens is 443 g/mol. The van der Waals surface area contributed by atoms with E-state index in [1.165, 1.54) is 36.2 Å². The highest BCUT2D eigenvalue weighted by molar-refractivity contribution is 6.30. The standard InChI is InChI=1S/C21H22ClFN4O5/c1-32-10-13-16-17(18(26-19(13)29)20(30)24-6-2-3-7-28)25-11-27(21(16)31)9-12-4-5-15(23)14(22)8-12/h4-5,8,11,28H,2-3,6-7,9-10H2,1H3,(H,24,30)(H,26,29). The Hall–Kier alpha value is -3.08. The molecule has 3 N–H and O–H groups in total. The number of aromatic amines is 1. The fourth-order valence-electron chi connectivity index (χ4n) is 3.23. The summed E-state index contributed by atoms with van der Waals surface area (Å²) in [6.45, 7) is 0.157. The van der Waals surface area contributed by atoms with Gasteiger partial charge >= 0.3 is 0 Å². The first kappa shape index (κ1) is 23.6. The molecule has 0 atom stereocenters. The number of hydrogen-bond donors (Lipinski definition) is 3. The molecule has 0 aliphatic carbocycles. The van der Waals surface area contributed by atoms with Gasteiger partial charge in [-0.1, -0.05) is 17.7 Å². The molecule has 3 rings (SSSR count). The summed E-state index contributed by atoms with van der Waals surface area (Å²) in [6, 6.07) is 4.07. The monoisotopic (exact) mass is 464 g/mol. The molecule has 0 radical (unpaired) electrons. The van der Waals surface area contributed by atoms with Gasteiger partial charge in [-0.05, 0) is 30.5 Å². The Morgan fingerprint density at radius 1 is 1.34 bits per heavy atom. The first-order valence-electron chi connectivity index (χ1n) is 9.83. The van der Waals surface area contributed by atoms with Gasteiger partial charge in [0.05, 0.1) is 35.5 Å². The van der Waals surface area contributed by atoms with Crippen molar-refractivity contribution in [1.29, 1.82) is 0 Å². The second-order valence-electron chi connectivity index (χ2n) is 7.08. The van der Waals surface area contributed by atoms with Gasteiger partial charge in [0.15, 0.2) is 0 Å². The summed E-state index contributed by atoms with van der Waals surface area (Å²) in [4.78, 5) is 45.3. The summed E-state index contributed by atoms with van der Waals surface area (Å²) in [5.74, 6) is -1.17. The number of aliphatic hydroxyl groups is 1. The molecular formula is C21H22ClFN4O5. The van der Waals surface area contributed by atoms with Crippen molar-refractivity contribution >= 4 is 28.4 Å². The average Bonchev–Trinajstić information content (AvgIpc) is 2.77. The van der Waals surface area contributed by atoms with Gasteiger partial charge in [0.1, 0.15) is 17.0 Å². The van der Waals surface area contributed by atoms with Gasteiger partial charge in [-0.2, -0.15) is 0 Å². The fourth-order valence-corrected chi connectivity index (χ4v) is 3.44. The molecule has 0 aliphatic heterocycles. The highest BCUT2D eigenvalue weighted by Gasteiger charge is 2.21. The zero-order valence-electron chi connectivity index (χ0n) is 17.3. The van der Waals surface area contributed by atoms with Crippen LogP contribution in [-0.4, -0.2) is 45.8 Å². The van der Waals surface area contributed by atoms with Gasteiger partial charge < -0.3 is 20.1 Å². The molecule has 170 valence electrons. The van der Waals surface area contributed by atoms with Crippen molar-refractivity contribution in [3.05, 3.63) is 72.9 Å². The number of unbranched alkanes of at least 4 members (excludes halogenated alkanes) is 1. The molecule has 0 bridgehead atoms. The summed E-state index contributed by atoms with van der Waals surface area (Å²) in [5.41, 5.74) is -0.690. The Kier molecular flexibility index (Phi) is 7.73. The lowest BCUT2D eigenvalue weighted by Gasteiger charge is -2.12. The second-order valence-corrected chi connectivity index (χ2v) is 7.48. The van der Waals surface area contributed by atoms with Crippen LogP contribution >= 0.6 is 11.6 Å². The van der Waals surface area contributed by atoms with Crippen LogP contribution in [0.1, 0.15) is 34.5 Å². The van der Waals surface area contributed by atoms with Crippen LogP contribution in [0.25, 0.3) is 10.9 Å². The summed E-state index contributed by atoms with van der Waals surface area (Å²) in [5, 5.41) is 11.4. The molecule has 2 heterocycles. The number of benzene rings is 1. The molecule has 11 heteroatoms. The van der Waals surface area contributed by atoms with Crippen LogP contribution in [0.4, 0.5) is 4.39 Å². The summed E-state index contributed by atoms with van der Waals surface area (Å²) in [7, 11) is 1.38.